The minimum Gasteiger partial charge on any atom is -0.484 e. The van der Waals surface area contributed by atoms with Gasteiger partial charge in [-0.15, -0.1) is 13.2 Å². The van der Waals surface area contributed by atoms with E-state index in [2.05, 4.69) is 10.1 Å². The van der Waals surface area contributed by atoms with Crippen molar-refractivity contribution >= 4 is 11.7 Å². The summed E-state index contributed by atoms with van der Waals surface area (Å²) >= 11 is 0. The van der Waals surface area contributed by atoms with Gasteiger partial charge in [0.1, 0.15) is 17.3 Å². The van der Waals surface area contributed by atoms with E-state index in [1.54, 1.807) is 0 Å². The molecule has 25 heavy (non-hydrogen) atoms. The lowest BCUT2D eigenvalue weighted by atomic mass is 10.3. The van der Waals surface area contributed by atoms with E-state index >= 15 is 0 Å². The molecule has 0 atom stereocenters. The first-order valence-corrected chi connectivity index (χ1v) is 6.73. The summed E-state index contributed by atoms with van der Waals surface area (Å²) < 4.78 is 45.9. The van der Waals surface area contributed by atoms with Crippen molar-refractivity contribution in [1.29, 1.82) is 0 Å². The molecule has 11 heteroatoms. The fourth-order valence-corrected chi connectivity index (χ4v) is 1.74. The number of rotatable bonds is 5. The zero-order valence-electron chi connectivity index (χ0n) is 12.7. The van der Waals surface area contributed by atoms with Gasteiger partial charge >= 0.3 is 12.1 Å². The van der Waals surface area contributed by atoms with Crippen molar-refractivity contribution < 1.29 is 27.4 Å². The van der Waals surface area contributed by atoms with E-state index in [0.717, 1.165) is 22.8 Å². The van der Waals surface area contributed by atoms with Crippen LogP contribution in [0.5, 0.6) is 11.5 Å². The fraction of sp³-hybridized carbons (Fsp3) is 0.214. The van der Waals surface area contributed by atoms with Crippen molar-refractivity contribution in [2.24, 2.45) is 7.05 Å². The molecule has 2 aromatic rings. The smallest absolute Gasteiger partial charge is 0.484 e. The van der Waals surface area contributed by atoms with Crippen molar-refractivity contribution in [3.63, 3.8) is 0 Å². The molecule has 0 aliphatic carbocycles. The molecular weight excluding hydrogens is 347 g/mol. The second-order valence-electron chi connectivity index (χ2n) is 4.74. The van der Waals surface area contributed by atoms with Crippen LogP contribution in [0, 0.1) is 0 Å². The Kier molecular flexibility index (Phi) is 5.15. The number of anilines is 1. The van der Waals surface area contributed by atoms with E-state index in [4.69, 9.17) is 4.74 Å². The Morgan fingerprint density at radius 3 is 2.40 bits per heavy atom. The summed E-state index contributed by atoms with van der Waals surface area (Å²) in [5, 5.41) is 2.31. The number of H-pyrrole nitrogens is 1. The second kappa shape index (κ2) is 7.11. The summed E-state index contributed by atoms with van der Waals surface area (Å²) in [5.74, 6) is -1.00. The number of carbonyl (C=O) groups is 1. The Labute approximate surface area is 137 Å². The van der Waals surface area contributed by atoms with Gasteiger partial charge in [-0.05, 0) is 24.3 Å². The Balaban J connectivity index is 1.94. The zero-order chi connectivity index (χ0) is 18.6. The van der Waals surface area contributed by atoms with Gasteiger partial charge in [0.05, 0.1) is 0 Å². The predicted molar refractivity (Wildman–Crippen MR) is 79.6 cm³/mol. The zero-order valence-corrected chi connectivity index (χ0v) is 12.7. The van der Waals surface area contributed by atoms with Crippen LogP contribution in [0.2, 0.25) is 0 Å². The summed E-state index contributed by atoms with van der Waals surface area (Å²) in [5.41, 5.74) is -1.39. The maximum atomic E-state index is 12.0. The SMILES string of the molecule is Cn1c(NC(=O)COc2ccc(OC(F)(F)F)cc2)cc(=O)[nH]c1=O. The third-order valence-corrected chi connectivity index (χ3v) is 2.86. The molecule has 8 nitrogen and oxygen atoms in total. The van der Waals surface area contributed by atoms with Crippen molar-refractivity contribution in [1.82, 2.24) is 9.55 Å². The molecule has 1 aromatic heterocycles. The highest BCUT2D eigenvalue weighted by Crippen LogP contribution is 2.24. The van der Waals surface area contributed by atoms with Crippen LogP contribution in [0.25, 0.3) is 0 Å². The monoisotopic (exact) mass is 359 g/mol. The number of halogens is 3. The van der Waals surface area contributed by atoms with Gasteiger partial charge in [0.15, 0.2) is 6.61 Å². The number of nitrogens with zero attached hydrogens (tertiary/aromatic N) is 1. The molecule has 0 aliphatic rings. The number of aromatic amines is 1. The number of hydrogen-bond donors (Lipinski definition) is 2. The van der Waals surface area contributed by atoms with Gasteiger partial charge in [0.2, 0.25) is 0 Å². The number of ether oxygens (including phenoxy) is 2. The Hall–Kier alpha value is -3.24. The van der Waals surface area contributed by atoms with Crippen molar-refractivity contribution in [2.45, 2.75) is 6.36 Å². The molecule has 2 N–H and O–H groups in total. The van der Waals surface area contributed by atoms with E-state index in [-0.39, 0.29) is 11.6 Å². The van der Waals surface area contributed by atoms with Gasteiger partial charge in [-0.25, -0.2) is 4.79 Å². The highest BCUT2D eigenvalue weighted by atomic mass is 19.4. The topological polar surface area (TPSA) is 102 Å². The quantitative estimate of drug-likeness (QED) is 0.829. The molecule has 0 aliphatic heterocycles. The van der Waals surface area contributed by atoms with Crippen molar-refractivity contribution in [3.8, 4) is 11.5 Å². The van der Waals surface area contributed by atoms with E-state index in [1.807, 2.05) is 4.98 Å². The summed E-state index contributed by atoms with van der Waals surface area (Å²) in [6.45, 7) is -0.486. The maximum Gasteiger partial charge on any atom is 0.573 e. The number of carbonyl (C=O) groups excluding carboxylic acids is 1. The molecule has 0 radical (unpaired) electrons. The lowest BCUT2D eigenvalue weighted by molar-refractivity contribution is -0.274. The van der Waals surface area contributed by atoms with Gasteiger partial charge < -0.3 is 14.8 Å². The number of amides is 1. The number of nitrogens with one attached hydrogen (secondary N) is 2. The van der Waals surface area contributed by atoms with Crippen LogP contribution < -0.4 is 26.0 Å². The van der Waals surface area contributed by atoms with E-state index in [1.165, 1.54) is 19.2 Å². The normalized spacial score (nSPS) is 11.0. The number of benzene rings is 1. The lowest BCUT2D eigenvalue weighted by Gasteiger charge is -2.11. The number of alkyl halides is 3. The van der Waals surface area contributed by atoms with Crippen molar-refractivity contribution in [3.05, 3.63) is 51.2 Å². The summed E-state index contributed by atoms with van der Waals surface area (Å²) in [7, 11) is 1.34. The Morgan fingerprint density at radius 1 is 1.20 bits per heavy atom. The van der Waals surface area contributed by atoms with Crippen LogP contribution in [0.15, 0.2) is 39.9 Å². The minimum absolute atomic E-state index is 0.0312. The number of aromatic nitrogens is 2. The van der Waals surface area contributed by atoms with E-state index < -0.39 is 35.9 Å². The predicted octanol–water partition coefficient (Wildman–Crippen LogP) is 0.990. The first kappa shape index (κ1) is 18.1. The van der Waals surface area contributed by atoms with Gasteiger partial charge in [-0.1, -0.05) is 0 Å². The third-order valence-electron chi connectivity index (χ3n) is 2.86. The van der Waals surface area contributed by atoms with Gasteiger partial charge in [0.25, 0.3) is 11.5 Å². The Morgan fingerprint density at radius 2 is 1.80 bits per heavy atom. The first-order valence-electron chi connectivity index (χ1n) is 6.73. The van der Waals surface area contributed by atoms with E-state index in [9.17, 15) is 27.6 Å². The lowest BCUT2D eigenvalue weighted by Crippen LogP contribution is -2.32. The van der Waals surface area contributed by atoms with Crippen LogP contribution in [-0.2, 0) is 11.8 Å². The molecule has 2 rings (SSSR count). The third kappa shape index (κ3) is 5.41. The molecule has 0 fully saturated rings. The first-order chi connectivity index (χ1) is 11.6. The molecule has 1 aromatic carbocycles. The molecule has 0 saturated carbocycles. The standard InChI is InChI=1S/C14H12F3N3O5/c1-20-10(6-11(21)19-13(20)23)18-12(22)7-24-8-2-4-9(5-3-8)25-14(15,16)17/h2-6H,7H2,1H3,(H,18,22)(H,19,21,23). The maximum absolute atomic E-state index is 12.0. The molecule has 1 heterocycles. The highest BCUT2D eigenvalue weighted by Gasteiger charge is 2.30. The van der Waals surface area contributed by atoms with Crippen LogP contribution in [0.3, 0.4) is 0 Å². The molecular formula is C14H12F3N3O5. The summed E-state index contributed by atoms with van der Waals surface area (Å²) in [4.78, 5) is 36.4. The summed E-state index contributed by atoms with van der Waals surface area (Å²) in [6.07, 6.45) is -4.80. The average Bonchev–Trinajstić information content (AvgIpc) is 2.50. The molecule has 0 unspecified atom stereocenters. The molecule has 134 valence electrons. The minimum atomic E-state index is -4.80. The fourth-order valence-electron chi connectivity index (χ4n) is 1.74. The van der Waals surface area contributed by atoms with Crippen LogP contribution in [0.1, 0.15) is 0 Å². The van der Waals surface area contributed by atoms with Gasteiger partial charge in [0, 0.05) is 13.1 Å². The highest BCUT2D eigenvalue weighted by molar-refractivity contribution is 5.91. The largest absolute Gasteiger partial charge is 0.573 e. The molecule has 0 saturated heterocycles. The van der Waals surface area contributed by atoms with Crippen LogP contribution in [-0.4, -0.2) is 28.4 Å². The van der Waals surface area contributed by atoms with Crippen LogP contribution >= 0.6 is 0 Å². The molecule has 1 amide bonds. The average molecular weight is 359 g/mol. The van der Waals surface area contributed by atoms with E-state index in [0.29, 0.717) is 0 Å². The summed E-state index contributed by atoms with van der Waals surface area (Å²) in [6, 6.07) is 5.46. The van der Waals surface area contributed by atoms with Gasteiger partial charge in [-0.2, -0.15) is 0 Å². The van der Waals surface area contributed by atoms with Crippen LogP contribution in [0.4, 0.5) is 19.0 Å². The number of hydrogen-bond acceptors (Lipinski definition) is 5. The second-order valence-corrected chi connectivity index (χ2v) is 4.74. The molecule has 0 spiro atoms. The Bertz CT molecular complexity index is 871. The van der Waals surface area contributed by atoms with Crippen molar-refractivity contribution in [2.75, 3.05) is 11.9 Å². The van der Waals surface area contributed by atoms with Gasteiger partial charge in [-0.3, -0.25) is 19.1 Å². The molecule has 0 bridgehead atoms.